The van der Waals surface area contributed by atoms with Crippen molar-refractivity contribution in [2.24, 2.45) is 0 Å². The van der Waals surface area contributed by atoms with Gasteiger partial charge in [0.15, 0.2) is 0 Å². The van der Waals surface area contributed by atoms with Crippen molar-refractivity contribution in [3.05, 3.63) is 40.8 Å². The highest BCUT2D eigenvalue weighted by Gasteiger charge is 2.04. The average molecular weight is 245 g/mol. The molecular weight excluding hydrogens is 230 g/mol. The van der Waals surface area contributed by atoms with Crippen molar-refractivity contribution < 1.29 is 9.53 Å². The zero-order valence-electron chi connectivity index (χ0n) is 10.5. The van der Waals surface area contributed by atoms with Crippen LogP contribution < -0.4 is 10.3 Å². The summed E-state index contributed by atoms with van der Waals surface area (Å²) in [5.74, 6) is 0.806. The molecule has 0 atom stereocenters. The van der Waals surface area contributed by atoms with Crippen LogP contribution in [-0.4, -0.2) is 17.5 Å². The second-order valence-corrected chi connectivity index (χ2v) is 4.22. The van der Waals surface area contributed by atoms with Gasteiger partial charge in [0.1, 0.15) is 11.5 Å². The third-order valence-electron chi connectivity index (χ3n) is 2.89. The van der Waals surface area contributed by atoms with Gasteiger partial charge in [0.25, 0.3) is 5.56 Å². The summed E-state index contributed by atoms with van der Waals surface area (Å²) in [6.07, 6.45) is 2.09. The van der Waals surface area contributed by atoms with Crippen molar-refractivity contribution in [2.75, 3.05) is 7.11 Å². The first-order valence-corrected chi connectivity index (χ1v) is 5.78. The van der Waals surface area contributed by atoms with E-state index >= 15 is 0 Å². The highest BCUT2D eigenvalue weighted by atomic mass is 16.5. The van der Waals surface area contributed by atoms with Crippen LogP contribution in [0.4, 0.5) is 0 Å². The van der Waals surface area contributed by atoms with E-state index in [0.29, 0.717) is 18.4 Å². The number of hydrogen-bond acceptors (Lipinski definition) is 3. The number of pyridine rings is 1. The Balaban J connectivity index is 2.44. The van der Waals surface area contributed by atoms with Gasteiger partial charge >= 0.3 is 0 Å². The highest BCUT2D eigenvalue weighted by Crippen LogP contribution is 2.17. The van der Waals surface area contributed by atoms with E-state index in [1.54, 1.807) is 30.0 Å². The SMILES string of the molecule is COc1ccc2c(=O)n(CCC(C)=O)ccc2c1. The molecule has 4 heteroatoms. The summed E-state index contributed by atoms with van der Waals surface area (Å²) in [7, 11) is 1.59. The zero-order valence-corrected chi connectivity index (χ0v) is 10.5. The maximum atomic E-state index is 12.2. The Hall–Kier alpha value is -2.10. The number of carbonyl (C=O) groups excluding carboxylic acids is 1. The van der Waals surface area contributed by atoms with Gasteiger partial charge < -0.3 is 9.30 Å². The van der Waals surface area contributed by atoms with Gasteiger partial charge in [-0.2, -0.15) is 0 Å². The molecule has 0 amide bonds. The number of methoxy groups -OCH3 is 1. The summed E-state index contributed by atoms with van der Waals surface area (Å²) in [5.41, 5.74) is -0.0728. The van der Waals surface area contributed by atoms with Crippen LogP contribution in [0.15, 0.2) is 35.3 Å². The van der Waals surface area contributed by atoms with Crippen LogP contribution in [0.1, 0.15) is 13.3 Å². The molecule has 1 aromatic carbocycles. The lowest BCUT2D eigenvalue weighted by Gasteiger charge is -2.07. The summed E-state index contributed by atoms with van der Waals surface area (Å²) in [6.45, 7) is 1.95. The number of ketones is 1. The summed E-state index contributed by atoms with van der Waals surface area (Å²) >= 11 is 0. The minimum absolute atomic E-state index is 0.0728. The maximum Gasteiger partial charge on any atom is 0.258 e. The summed E-state index contributed by atoms with van der Waals surface area (Å²) < 4.78 is 6.68. The van der Waals surface area contributed by atoms with Crippen LogP contribution in [0.5, 0.6) is 5.75 Å². The molecule has 0 spiro atoms. The van der Waals surface area contributed by atoms with Crippen molar-refractivity contribution in [3.63, 3.8) is 0 Å². The Bertz CT molecular complexity index is 643. The van der Waals surface area contributed by atoms with Gasteiger partial charge in [0.2, 0.25) is 0 Å². The minimum Gasteiger partial charge on any atom is -0.497 e. The van der Waals surface area contributed by atoms with Crippen LogP contribution in [0.2, 0.25) is 0 Å². The predicted molar refractivity (Wildman–Crippen MR) is 70.1 cm³/mol. The topological polar surface area (TPSA) is 48.3 Å². The monoisotopic (exact) mass is 245 g/mol. The van der Waals surface area contributed by atoms with Gasteiger partial charge in [-0.3, -0.25) is 9.59 Å². The number of rotatable bonds is 4. The van der Waals surface area contributed by atoms with Gasteiger partial charge in [-0.25, -0.2) is 0 Å². The second kappa shape index (κ2) is 5.04. The number of aromatic nitrogens is 1. The summed E-state index contributed by atoms with van der Waals surface area (Å²) in [5, 5.41) is 1.49. The second-order valence-electron chi connectivity index (χ2n) is 4.22. The lowest BCUT2D eigenvalue weighted by atomic mass is 10.1. The molecule has 0 radical (unpaired) electrons. The van der Waals surface area contributed by atoms with Gasteiger partial charge in [-0.1, -0.05) is 0 Å². The number of hydrogen-bond donors (Lipinski definition) is 0. The minimum atomic E-state index is -0.0728. The van der Waals surface area contributed by atoms with Crippen molar-refractivity contribution in [3.8, 4) is 5.75 Å². The predicted octanol–water partition coefficient (Wildman–Crippen LogP) is 1.99. The molecule has 4 nitrogen and oxygen atoms in total. The number of ether oxygens (including phenoxy) is 1. The maximum absolute atomic E-state index is 12.2. The lowest BCUT2D eigenvalue weighted by molar-refractivity contribution is -0.117. The molecule has 2 aromatic rings. The number of Topliss-reactive ketones (excluding diaryl/α,β-unsaturated/α-hetero) is 1. The quantitative estimate of drug-likeness (QED) is 0.827. The molecule has 0 aliphatic carbocycles. The van der Waals surface area contributed by atoms with E-state index in [-0.39, 0.29) is 11.3 Å². The molecule has 0 aliphatic heterocycles. The normalized spacial score (nSPS) is 10.6. The van der Waals surface area contributed by atoms with Crippen molar-refractivity contribution >= 4 is 16.6 Å². The van der Waals surface area contributed by atoms with E-state index in [2.05, 4.69) is 0 Å². The number of benzene rings is 1. The van der Waals surface area contributed by atoms with Crippen LogP contribution in [0.25, 0.3) is 10.8 Å². The van der Waals surface area contributed by atoms with E-state index in [1.165, 1.54) is 6.92 Å². The Morgan fingerprint density at radius 1 is 1.33 bits per heavy atom. The fourth-order valence-corrected chi connectivity index (χ4v) is 1.85. The van der Waals surface area contributed by atoms with Crippen molar-refractivity contribution in [1.82, 2.24) is 4.57 Å². The number of fused-ring (bicyclic) bond motifs is 1. The lowest BCUT2D eigenvalue weighted by Crippen LogP contribution is -2.20. The summed E-state index contributed by atoms with van der Waals surface area (Å²) in [4.78, 5) is 23.1. The fourth-order valence-electron chi connectivity index (χ4n) is 1.85. The molecule has 0 N–H and O–H groups in total. The van der Waals surface area contributed by atoms with Gasteiger partial charge in [-0.15, -0.1) is 0 Å². The van der Waals surface area contributed by atoms with Crippen LogP contribution in [0.3, 0.4) is 0 Å². The van der Waals surface area contributed by atoms with E-state index in [4.69, 9.17) is 4.74 Å². The molecule has 0 saturated heterocycles. The van der Waals surface area contributed by atoms with Gasteiger partial charge in [0.05, 0.1) is 7.11 Å². The molecule has 1 aromatic heterocycles. The Morgan fingerprint density at radius 2 is 2.11 bits per heavy atom. The molecule has 94 valence electrons. The molecule has 0 saturated carbocycles. The van der Waals surface area contributed by atoms with Crippen LogP contribution in [-0.2, 0) is 11.3 Å². The van der Waals surface area contributed by atoms with Gasteiger partial charge in [0, 0.05) is 24.5 Å². The molecule has 0 bridgehead atoms. The summed E-state index contributed by atoms with van der Waals surface area (Å²) in [6, 6.07) is 7.20. The average Bonchev–Trinajstić information content (AvgIpc) is 2.37. The molecule has 2 rings (SSSR count). The first-order chi connectivity index (χ1) is 8.61. The Morgan fingerprint density at radius 3 is 2.78 bits per heavy atom. The molecule has 0 fully saturated rings. The smallest absolute Gasteiger partial charge is 0.258 e. The zero-order chi connectivity index (χ0) is 13.1. The van der Waals surface area contributed by atoms with Crippen molar-refractivity contribution in [2.45, 2.75) is 19.9 Å². The highest BCUT2D eigenvalue weighted by molar-refractivity contribution is 5.82. The Labute approximate surface area is 105 Å². The third-order valence-corrected chi connectivity index (χ3v) is 2.89. The van der Waals surface area contributed by atoms with E-state index in [9.17, 15) is 9.59 Å². The standard InChI is InChI=1S/C14H15NO3/c1-10(16)5-7-15-8-6-11-9-12(18-2)3-4-13(11)14(15)17/h3-4,6,8-9H,5,7H2,1-2H3. The number of aryl methyl sites for hydroxylation is 1. The molecular formula is C14H15NO3. The third kappa shape index (κ3) is 2.42. The van der Waals surface area contributed by atoms with Crippen LogP contribution >= 0.6 is 0 Å². The first-order valence-electron chi connectivity index (χ1n) is 5.78. The molecule has 0 unspecified atom stereocenters. The first kappa shape index (κ1) is 12.4. The molecule has 18 heavy (non-hydrogen) atoms. The molecule has 0 aliphatic rings. The number of carbonyl (C=O) groups is 1. The van der Waals surface area contributed by atoms with Crippen LogP contribution in [0, 0.1) is 0 Å². The van der Waals surface area contributed by atoms with Gasteiger partial charge in [-0.05, 0) is 36.6 Å². The van der Waals surface area contributed by atoms with E-state index in [1.807, 2.05) is 12.1 Å². The van der Waals surface area contributed by atoms with E-state index in [0.717, 1.165) is 11.1 Å². The van der Waals surface area contributed by atoms with E-state index < -0.39 is 0 Å². The largest absolute Gasteiger partial charge is 0.497 e. The fraction of sp³-hybridized carbons (Fsp3) is 0.286. The van der Waals surface area contributed by atoms with Crippen molar-refractivity contribution in [1.29, 1.82) is 0 Å². The number of nitrogens with zero attached hydrogens (tertiary/aromatic N) is 1. The molecule has 1 heterocycles. The Kier molecular flexibility index (Phi) is 3.46.